The second-order valence-electron chi connectivity index (χ2n) is 6.82. The molecule has 27 heavy (non-hydrogen) atoms. The van der Waals surface area contributed by atoms with Crippen molar-refractivity contribution in [1.82, 2.24) is 15.5 Å². The number of hydrogen-bond donors (Lipinski definition) is 3. The monoisotopic (exact) mass is 389 g/mol. The summed E-state index contributed by atoms with van der Waals surface area (Å²) in [5, 5.41) is 14.9. The van der Waals surface area contributed by atoms with Crippen molar-refractivity contribution in [3.63, 3.8) is 0 Å². The molecular weight excluding hydrogens is 366 g/mol. The summed E-state index contributed by atoms with van der Waals surface area (Å²) >= 11 is 5.84. The summed E-state index contributed by atoms with van der Waals surface area (Å²) in [6, 6.07) is 11.9. The largest absolute Gasteiger partial charge is 0.381 e. The Hall–Kier alpha value is -2.22. The molecule has 1 aromatic carbocycles. The molecule has 1 amide bonds. The van der Waals surface area contributed by atoms with Crippen LogP contribution in [0.4, 0.5) is 5.82 Å². The zero-order valence-corrected chi connectivity index (χ0v) is 16.0. The molecule has 1 atom stereocenters. The molecule has 1 aliphatic rings. The van der Waals surface area contributed by atoms with Gasteiger partial charge in [-0.25, -0.2) is 0 Å². The van der Waals surface area contributed by atoms with Crippen LogP contribution in [-0.4, -0.2) is 41.4 Å². The maximum atomic E-state index is 11.7. The van der Waals surface area contributed by atoms with Crippen LogP contribution < -0.4 is 16.4 Å². The van der Waals surface area contributed by atoms with E-state index in [0.29, 0.717) is 25.6 Å². The summed E-state index contributed by atoms with van der Waals surface area (Å²) in [5.74, 6) is -0.257. The lowest BCUT2D eigenvalue weighted by atomic mass is 9.88. The number of benzene rings is 1. The van der Waals surface area contributed by atoms with Crippen molar-refractivity contribution in [2.24, 2.45) is 5.73 Å². The maximum absolute atomic E-state index is 11.7. The molecule has 144 valence electrons. The van der Waals surface area contributed by atoms with Gasteiger partial charge in [0.15, 0.2) is 11.0 Å². The van der Waals surface area contributed by atoms with Crippen LogP contribution in [0.1, 0.15) is 41.7 Å². The molecule has 0 bridgehead atoms. The molecule has 4 N–H and O–H groups in total. The molecular formula is C19H24ClN5O2. The van der Waals surface area contributed by atoms with Gasteiger partial charge in [0.1, 0.15) is 0 Å². The molecule has 1 unspecified atom stereocenters. The lowest BCUT2D eigenvalue weighted by molar-refractivity contribution is 0.0389. The fraction of sp³-hybridized carbons (Fsp3) is 0.421. The van der Waals surface area contributed by atoms with Crippen molar-refractivity contribution < 1.29 is 9.53 Å². The third kappa shape index (κ3) is 4.94. The first kappa shape index (κ1) is 19.5. The first-order valence-corrected chi connectivity index (χ1v) is 9.34. The Kier molecular flexibility index (Phi) is 6.26. The maximum Gasteiger partial charge on any atom is 0.252 e. The van der Waals surface area contributed by atoms with E-state index in [1.165, 1.54) is 11.6 Å². The summed E-state index contributed by atoms with van der Waals surface area (Å²) in [6.07, 6.45) is 1.67. The van der Waals surface area contributed by atoms with E-state index in [1.54, 1.807) is 0 Å². The SMILES string of the molecule is CC(NC1(CNc2nnc(Cl)cc2C(N)=O)CCOCC1)c1ccccc1. The van der Waals surface area contributed by atoms with Gasteiger partial charge >= 0.3 is 0 Å². The molecule has 3 rings (SSSR count). The minimum atomic E-state index is -0.596. The van der Waals surface area contributed by atoms with Crippen LogP contribution >= 0.6 is 11.6 Å². The molecule has 0 aliphatic carbocycles. The fourth-order valence-electron chi connectivity index (χ4n) is 3.36. The Morgan fingerprint density at radius 3 is 2.67 bits per heavy atom. The van der Waals surface area contributed by atoms with Gasteiger partial charge in [-0.15, -0.1) is 10.2 Å². The number of hydrogen-bond acceptors (Lipinski definition) is 6. The topological polar surface area (TPSA) is 102 Å². The Labute approximate surface area is 163 Å². The Morgan fingerprint density at radius 1 is 1.30 bits per heavy atom. The van der Waals surface area contributed by atoms with E-state index in [2.05, 4.69) is 39.9 Å². The number of rotatable bonds is 7. The normalized spacial score (nSPS) is 17.3. The zero-order chi connectivity index (χ0) is 19.3. The summed E-state index contributed by atoms with van der Waals surface area (Å²) in [6.45, 7) is 4.05. The quantitative estimate of drug-likeness (QED) is 0.672. The highest BCUT2D eigenvalue weighted by Gasteiger charge is 2.34. The van der Waals surface area contributed by atoms with Crippen LogP contribution in [-0.2, 0) is 4.74 Å². The Bertz CT molecular complexity index is 781. The fourth-order valence-corrected chi connectivity index (χ4v) is 3.50. The molecule has 0 spiro atoms. The molecule has 0 saturated carbocycles. The second kappa shape index (κ2) is 8.65. The first-order valence-electron chi connectivity index (χ1n) is 8.96. The average Bonchev–Trinajstić information content (AvgIpc) is 2.68. The number of nitrogens with zero attached hydrogens (tertiary/aromatic N) is 2. The Morgan fingerprint density at radius 2 is 2.00 bits per heavy atom. The number of anilines is 1. The van der Waals surface area contributed by atoms with Gasteiger partial charge in [0.2, 0.25) is 0 Å². The van der Waals surface area contributed by atoms with Crippen molar-refractivity contribution >= 4 is 23.3 Å². The summed E-state index contributed by atoms with van der Waals surface area (Å²) in [5.41, 5.74) is 6.68. The molecule has 1 aliphatic heterocycles. The molecule has 1 saturated heterocycles. The van der Waals surface area contributed by atoms with E-state index in [9.17, 15) is 4.79 Å². The van der Waals surface area contributed by atoms with Gasteiger partial charge in [0.05, 0.1) is 5.56 Å². The number of carbonyl (C=O) groups excluding carboxylic acids is 1. The number of nitrogens with two attached hydrogens (primary N) is 1. The van der Waals surface area contributed by atoms with Crippen molar-refractivity contribution in [3.8, 4) is 0 Å². The van der Waals surface area contributed by atoms with Gasteiger partial charge in [-0.2, -0.15) is 0 Å². The predicted molar refractivity (Wildman–Crippen MR) is 105 cm³/mol. The van der Waals surface area contributed by atoms with Gasteiger partial charge in [-0.1, -0.05) is 41.9 Å². The smallest absolute Gasteiger partial charge is 0.252 e. The number of aromatic nitrogens is 2. The highest BCUT2D eigenvalue weighted by atomic mass is 35.5. The molecule has 0 radical (unpaired) electrons. The molecule has 2 heterocycles. The number of halogens is 1. The lowest BCUT2D eigenvalue weighted by Crippen LogP contribution is -2.54. The highest BCUT2D eigenvalue weighted by molar-refractivity contribution is 6.29. The van der Waals surface area contributed by atoms with E-state index in [0.717, 1.165) is 12.8 Å². The van der Waals surface area contributed by atoms with Gasteiger partial charge in [-0.05, 0) is 31.4 Å². The number of ether oxygens (including phenoxy) is 1. The minimum absolute atomic E-state index is 0.131. The summed E-state index contributed by atoms with van der Waals surface area (Å²) in [7, 11) is 0. The number of carbonyl (C=O) groups is 1. The van der Waals surface area contributed by atoms with Crippen molar-refractivity contribution in [2.75, 3.05) is 25.1 Å². The number of nitrogens with one attached hydrogen (secondary N) is 2. The van der Waals surface area contributed by atoms with E-state index >= 15 is 0 Å². The van der Waals surface area contributed by atoms with Crippen molar-refractivity contribution in [1.29, 1.82) is 0 Å². The van der Waals surface area contributed by atoms with Crippen LogP contribution in [0.2, 0.25) is 5.15 Å². The van der Waals surface area contributed by atoms with Gasteiger partial charge in [0.25, 0.3) is 5.91 Å². The van der Waals surface area contributed by atoms with Gasteiger partial charge in [-0.3, -0.25) is 4.79 Å². The van der Waals surface area contributed by atoms with E-state index < -0.39 is 5.91 Å². The zero-order valence-electron chi connectivity index (χ0n) is 15.2. The molecule has 7 nitrogen and oxygen atoms in total. The summed E-state index contributed by atoms with van der Waals surface area (Å²) < 4.78 is 5.55. The second-order valence-corrected chi connectivity index (χ2v) is 7.20. The Balaban J connectivity index is 1.77. The van der Waals surface area contributed by atoms with Crippen LogP contribution in [0.15, 0.2) is 36.4 Å². The minimum Gasteiger partial charge on any atom is -0.381 e. The van der Waals surface area contributed by atoms with Crippen molar-refractivity contribution in [3.05, 3.63) is 52.7 Å². The van der Waals surface area contributed by atoms with Gasteiger partial charge in [0, 0.05) is 31.3 Å². The molecule has 2 aromatic rings. The summed E-state index contributed by atoms with van der Waals surface area (Å²) in [4.78, 5) is 11.7. The predicted octanol–water partition coefficient (Wildman–Crippen LogP) is 2.54. The van der Waals surface area contributed by atoms with Crippen LogP contribution in [0.3, 0.4) is 0 Å². The standard InChI is InChI=1S/C19H24ClN5O2/c1-13(14-5-3-2-4-6-14)23-19(7-9-27-10-8-19)12-22-18-15(17(21)26)11-16(20)24-25-18/h2-6,11,13,23H,7-10,12H2,1H3,(H2,21,26)(H,22,25). The van der Waals surface area contributed by atoms with Crippen LogP contribution in [0.25, 0.3) is 0 Å². The lowest BCUT2D eigenvalue weighted by Gasteiger charge is -2.40. The highest BCUT2D eigenvalue weighted by Crippen LogP contribution is 2.26. The van der Waals surface area contributed by atoms with E-state index in [1.807, 2.05) is 18.2 Å². The average molecular weight is 390 g/mol. The molecule has 1 aromatic heterocycles. The van der Waals surface area contributed by atoms with Gasteiger partial charge < -0.3 is 21.1 Å². The van der Waals surface area contributed by atoms with Crippen LogP contribution in [0, 0.1) is 0 Å². The van der Waals surface area contributed by atoms with Crippen LogP contribution in [0.5, 0.6) is 0 Å². The third-order valence-electron chi connectivity index (χ3n) is 4.90. The molecule has 8 heteroatoms. The molecule has 1 fully saturated rings. The first-order chi connectivity index (χ1) is 13.0. The third-order valence-corrected chi connectivity index (χ3v) is 5.08. The van der Waals surface area contributed by atoms with E-state index in [4.69, 9.17) is 22.1 Å². The number of amides is 1. The van der Waals surface area contributed by atoms with E-state index in [-0.39, 0.29) is 22.3 Å². The number of primary amides is 1. The van der Waals surface area contributed by atoms with Crippen molar-refractivity contribution in [2.45, 2.75) is 31.3 Å².